The molecule has 2 aromatic rings. The van der Waals surface area contributed by atoms with Gasteiger partial charge in [-0.3, -0.25) is 9.78 Å². The Balaban J connectivity index is 1.73. The van der Waals surface area contributed by atoms with Crippen LogP contribution in [0.1, 0.15) is 29.9 Å². The fourth-order valence-electron chi connectivity index (χ4n) is 3.07. The van der Waals surface area contributed by atoms with Gasteiger partial charge in [0.1, 0.15) is 0 Å². The predicted molar refractivity (Wildman–Crippen MR) is 93.3 cm³/mol. The van der Waals surface area contributed by atoms with Crippen molar-refractivity contribution in [2.45, 2.75) is 19.3 Å². The normalized spacial score (nSPS) is 16.6. The van der Waals surface area contributed by atoms with Crippen molar-refractivity contribution in [1.29, 1.82) is 0 Å². The van der Waals surface area contributed by atoms with Crippen molar-refractivity contribution in [1.82, 2.24) is 9.97 Å². The Hall–Kier alpha value is -3.02. The van der Waals surface area contributed by atoms with E-state index in [4.69, 9.17) is 4.74 Å². The second-order valence-corrected chi connectivity index (χ2v) is 6.36. The zero-order valence-electron chi connectivity index (χ0n) is 14.4. The van der Waals surface area contributed by atoms with Crippen molar-refractivity contribution in [3.05, 3.63) is 65.9 Å². The number of para-hydroxylation sites is 1. The molecule has 0 N–H and O–H groups in total. The number of nitrogens with zero attached hydrogens (tertiary/aromatic N) is 3. The Morgan fingerprint density at radius 2 is 2.00 bits per heavy atom. The molecule has 0 aliphatic carbocycles. The molecule has 128 valence electrons. The summed E-state index contributed by atoms with van der Waals surface area (Å²) in [6, 6.07) is 8.04. The van der Waals surface area contributed by atoms with Gasteiger partial charge in [0, 0.05) is 42.3 Å². The van der Waals surface area contributed by atoms with Gasteiger partial charge in [0.05, 0.1) is 6.20 Å². The van der Waals surface area contributed by atoms with E-state index in [2.05, 4.69) is 29.9 Å². The average Bonchev–Trinajstić information content (AvgIpc) is 2.82. The molecule has 25 heavy (non-hydrogen) atoms. The predicted octanol–water partition coefficient (Wildman–Crippen LogP) is 2.51. The van der Waals surface area contributed by atoms with Crippen LogP contribution in [0.5, 0.6) is 0 Å². The topological polar surface area (TPSA) is 72.4 Å². The molecule has 0 radical (unpaired) electrons. The van der Waals surface area contributed by atoms with E-state index in [1.54, 1.807) is 6.08 Å². The minimum Gasteiger partial charge on any atom is -0.453 e. The van der Waals surface area contributed by atoms with E-state index in [0.717, 1.165) is 16.9 Å². The third-order valence-corrected chi connectivity index (χ3v) is 4.36. The maximum Gasteiger partial charge on any atom is 0.358 e. The van der Waals surface area contributed by atoms with Crippen LogP contribution in [0.4, 0.5) is 5.69 Å². The smallest absolute Gasteiger partial charge is 0.358 e. The molecule has 0 spiro atoms. The molecule has 2 heterocycles. The molecule has 6 heteroatoms. The molecule has 0 atom stereocenters. The lowest BCUT2D eigenvalue weighted by Crippen LogP contribution is -2.25. The number of hydrogen-bond donors (Lipinski definition) is 0. The monoisotopic (exact) mass is 337 g/mol. The summed E-state index contributed by atoms with van der Waals surface area (Å²) < 4.78 is 5.03. The van der Waals surface area contributed by atoms with E-state index in [1.807, 2.05) is 30.1 Å². The van der Waals surface area contributed by atoms with Crippen LogP contribution in [0.25, 0.3) is 0 Å². The van der Waals surface area contributed by atoms with Gasteiger partial charge in [0.15, 0.2) is 18.1 Å². The number of anilines is 1. The van der Waals surface area contributed by atoms with Crippen molar-refractivity contribution in [3.63, 3.8) is 0 Å². The summed E-state index contributed by atoms with van der Waals surface area (Å²) in [6.07, 6.45) is 5.70. The molecule has 0 bridgehead atoms. The zero-order chi connectivity index (χ0) is 18.0. The maximum atomic E-state index is 12.3. The number of rotatable bonds is 4. The third-order valence-electron chi connectivity index (χ3n) is 4.36. The van der Waals surface area contributed by atoms with E-state index in [0.29, 0.717) is 0 Å². The Morgan fingerprint density at radius 3 is 2.68 bits per heavy atom. The van der Waals surface area contributed by atoms with E-state index in [9.17, 15) is 9.59 Å². The van der Waals surface area contributed by atoms with Gasteiger partial charge in [-0.15, -0.1) is 0 Å². The Morgan fingerprint density at radius 1 is 1.24 bits per heavy atom. The lowest BCUT2D eigenvalue weighted by atomic mass is 9.83. The number of allylic oxidation sites excluding steroid dienone is 1. The number of ketones is 1. The van der Waals surface area contributed by atoms with Gasteiger partial charge in [-0.1, -0.05) is 32.0 Å². The van der Waals surface area contributed by atoms with Crippen molar-refractivity contribution in [2.75, 3.05) is 18.6 Å². The number of fused-ring (bicyclic) bond motifs is 1. The van der Waals surface area contributed by atoms with Crippen LogP contribution in [0, 0.1) is 0 Å². The van der Waals surface area contributed by atoms with E-state index in [-0.39, 0.29) is 23.5 Å². The molecular weight excluding hydrogens is 318 g/mol. The molecular formula is C19H19N3O3. The lowest BCUT2D eigenvalue weighted by Gasteiger charge is -2.23. The molecule has 0 amide bonds. The van der Waals surface area contributed by atoms with E-state index < -0.39 is 5.97 Å². The molecule has 1 aromatic carbocycles. The Bertz CT molecular complexity index is 844. The SMILES string of the molecule is CN1/C(=C/C(=O)COC(=O)c2cnccn2)C(C)(C)c2ccccc21. The zero-order valence-corrected chi connectivity index (χ0v) is 14.4. The number of carbonyl (C=O) groups excluding carboxylic acids is 2. The highest BCUT2D eigenvalue weighted by atomic mass is 16.5. The molecule has 0 saturated carbocycles. The third kappa shape index (κ3) is 3.15. The first-order valence-electron chi connectivity index (χ1n) is 7.92. The molecule has 1 aromatic heterocycles. The summed E-state index contributed by atoms with van der Waals surface area (Å²) in [5.41, 5.74) is 2.88. The van der Waals surface area contributed by atoms with Crippen LogP contribution in [0.3, 0.4) is 0 Å². The molecule has 1 aliphatic rings. The molecule has 0 unspecified atom stereocenters. The van der Waals surface area contributed by atoms with Crippen molar-refractivity contribution >= 4 is 17.4 Å². The average molecular weight is 337 g/mol. The summed E-state index contributed by atoms with van der Waals surface area (Å²) in [7, 11) is 1.93. The van der Waals surface area contributed by atoms with Crippen LogP contribution in [0.2, 0.25) is 0 Å². The summed E-state index contributed by atoms with van der Waals surface area (Å²) in [4.78, 5) is 33.8. The van der Waals surface area contributed by atoms with Gasteiger partial charge in [-0.05, 0) is 11.6 Å². The fourth-order valence-corrected chi connectivity index (χ4v) is 3.07. The first-order valence-corrected chi connectivity index (χ1v) is 7.92. The van der Waals surface area contributed by atoms with Gasteiger partial charge in [0.2, 0.25) is 0 Å². The van der Waals surface area contributed by atoms with Crippen LogP contribution >= 0.6 is 0 Å². The molecule has 0 fully saturated rings. The number of esters is 1. The summed E-state index contributed by atoms with van der Waals surface area (Å²) in [5.74, 6) is -0.942. The second-order valence-electron chi connectivity index (χ2n) is 6.36. The Labute approximate surface area is 146 Å². The first-order chi connectivity index (χ1) is 11.9. The number of likely N-dealkylation sites (N-methyl/N-ethyl adjacent to an activating group) is 1. The molecule has 1 aliphatic heterocycles. The van der Waals surface area contributed by atoms with Crippen molar-refractivity contribution < 1.29 is 14.3 Å². The van der Waals surface area contributed by atoms with Crippen LogP contribution in [0.15, 0.2) is 54.6 Å². The largest absolute Gasteiger partial charge is 0.453 e. The van der Waals surface area contributed by atoms with E-state index >= 15 is 0 Å². The van der Waals surface area contributed by atoms with Crippen LogP contribution in [-0.2, 0) is 14.9 Å². The van der Waals surface area contributed by atoms with Gasteiger partial charge in [-0.25, -0.2) is 9.78 Å². The minimum atomic E-state index is -0.665. The fraction of sp³-hybridized carbons (Fsp3) is 0.263. The van der Waals surface area contributed by atoms with Crippen molar-refractivity contribution in [2.24, 2.45) is 0 Å². The molecule has 0 saturated heterocycles. The van der Waals surface area contributed by atoms with Gasteiger partial charge in [0.25, 0.3) is 0 Å². The van der Waals surface area contributed by atoms with Gasteiger partial charge < -0.3 is 9.64 Å². The van der Waals surface area contributed by atoms with Crippen LogP contribution < -0.4 is 4.90 Å². The highest BCUT2D eigenvalue weighted by molar-refractivity contribution is 5.96. The van der Waals surface area contributed by atoms with E-state index in [1.165, 1.54) is 18.6 Å². The summed E-state index contributed by atoms with van der Waals surface area (Å²) >= 11 is 0. The number of hydrogen-bond acceptors (Lipinski definition) is 6. The lowest BCUT2D eigenvalue weighted by molar-refractivity contribution is -0.117. The number of carbonyl (C=O) groups is 2. The molecule has 3 rings (SSSR count). The summed E-state index contributed by atoms with van der Waals surface area (Å²) in [5, 5.41) is 0. The summed E-state index contributed by atoms with van der Waals surface area (Å²) in [6.45, 7) is 3.80. The standard InChI is InChI=1S/C19H19N3O3/c1-19(2)14-6-4-5-7-16(14)22(3)17(19)10-13(23)12-25-18(24)15-11-20-8-9-21-15/h4-11H,12H2,1-3H3/b17-10+. The minimum absolute atomic E-state index is 0.0775. The first kappa shape index (κ1) is 16.8. The second kappa shape index (κ2) is 6.47. The quantitative estimate of drug-likeness (QED) is 0.630. The number of ether oxygens (including phenoxy) is 1. The maximum absolute atomic E-state index is 12.3. The van der Waals surface area contributed by atoms with Gasteiger partial charge in [-0.2, -0.15) is 0 Å². The number of benzene rings is 1. The van der Waals surface area contributed by atoms with Gasteiger partial charge >= 0.3 is 5.97 Å². The highest BCUT2D eigenvalue weighted by Gasteiger charge is 2.38. The Kier molecular flexibility index (Phi) is 4.35. The number of aromatic nitrogens is 2. The highest BCUT2D eigenvalue weighted by Crippen LogP contribution is 2.46. The van der Waals surface area contributed by atoms with Crippen molar-refractivity contribution in [3.8, 4) is 0 Å². The molecule has 6 nitrogen and oxygen atoms in total. The van der Waals surface area contributed by atoms with Crippen LogP contribution in [-0.4, -0.2) is 35.4 Å².